The van der Waals surface area contributed by atoms with Gasteiger partial charge < -0.3 is 15.2 Å². The number of carbonyl (C=O) groups excluding carboxylic acids is 1. The molecule has 1 amide bonds. The number of aryl methyl sites for hydroxylation is 1. The van der Waals surface area contributed by atoms with Gasteiger partial charge in [0.05, 0.1) is 17.7 Å². The number of carbonyl (C=O) groups is 2. The lowest BCUT2D eigenvalue weighted by Gasteiger charge is -2.28. The van der Waals surface area contributed by atoms with E-state index in [1.54, 1.807) is 6.07 Å². The smallest absolute Gasteiger partial charge is 0.326 e. The van der Waals surface area contributed by atoms with Crippen molar-refractivity contribution in [3.05, 3.63) is 41.6 Å². The average Bonchev–Trinajstić information content (AvgIpc) is 2.59. The maximum absolute atomic E-state index is 12.7. The second-order valence-corrected chi connectivity index (χ2v) is 6.09. The predicted octanol–water partition coefficient (Wildman–Crippen LogP) is 2.15. The topological polar surface area (TPSA) is 88.5 Å². The molecule has 1 aromatic heterocycles. The van der Waals surface area contributed by atoms with E-state index in [4.69, 9.17) is 4.74 Å². The van der Waals surface area contributed by atoms with E-state index in [2.05, 4.69) is 10.3 Å². The van der Waals surface area contributed by atoms with E-state index < -0.39 is 17.9 Å². The van der Waals surface area contributed by atoms with Crippen LogP contribution in [0.1, 0.15) is 28.9 Å². The van der Waals surface area contributed by atoms with Gasteiger partial charge in [0.1, 0.15) is 6.04 Å². The minimum atomic E-state index is -1.03. The fraction of sp³-hybridized carbons (Fsp3) is 0.389. The highest BCUT2D eigenvalue weighted by Gasteiger charge is 2.32. The molecular formula is C18H20N2O4. The second kappa shape index (κ2) is 6.97. The Morgan fingerprint density at radius 3 is 2.88 bits per heavy atom. The number of para-hydroxylation sites is 1. The number of carboxylic acid groups (broad SMARTS) is 1. The predicted molar refractivity (Wildman–Crippen MR) is 88.9 cm³/mol. The molecule has 2 unspecified atom stereocenters. The van der Waals surface area contributed by atoms with Gasteiger partial charge in [-0.3, -0.25) is 9.78 Å². The van der Waals surface area contributed by atoms with E-state index in [9.17, 15) is 14.7 Å². The Balaban J connectivity index is 1.89. The summed E-state index contributed by atoms with van der Waals surface area (Å²) in [7, 11) is 0. The first-order valence-electron chi connectivity index (χ1n) is 8.04. The number of rotatable bonds is 4. The number of hydrogen-bond donors (Lipinski definition) is 2. The summed E-state index contributed by atoms with van der Waals surface area (Å²) in [6.45, 7) is 2.81. The number of benzene rings is 1. The number of nitrogens with zero attached hydrogens (tertiary/aromatic N) is 1. The average molecular weight is 328 g/mol. The highest BCUT2D eigenvalue weighted by molar-refractivity contribution is 6.07. The summed E-state index contributed by atoms with van der Waals surface area (Å²) in [6, 6.07) is 8.08. The highest BCUT2D eigenvalue weighted by atomic mass is 16.5. The third-order valence-corrected chi connectivity index (χ3v) is 4.31. The normalized spacial score (nSPS) is 19.0. The van der Waals surface area contributed by atoms with E-state index in [-0.39, 0.29) is 5.92 Å². The van der Waals surface area contributed by atoms with E-state index >= 15 is 0 Å². The number of pyridine rings is 1. The molecule has 2 N–H and O–H groups in total. The quantitative estimate of drug-likeness (QED) is 0.898. The summed E-state index contributed by atoms with van der Waals surface area (Å²) in [5.41, 5.74) is 1.88. The maximum atomic E-state index is 12.7. The van der Waals surface area contributed by atoms with Gasteiger partial charge in [0.15, 0.2) is 0 Å². The standard InChI is InChI=1S/C18H20N2O4/c1-11-9-14(13-6-2-3-7-15(13)19-11)17(21)20-16(18(22)23)12-5-4-8-24-10-12/h2-3,6-7,9,12,16H,4-5,8,10H2,1H3,(H,20,21)(H,22,23). The van der Waals surface area contributed by atoms with Crippen LogP contribution in [0.2, 0.25) is 0 Å². The lowest BCUT2D eigenvalue weighted by Crippen LogP contribution is -2.48. The molecule has 0 aliphatic carbocycles. The van der Waals surface area contributed by atoms with Gasteiger partial charge in [0.2, 0.25) is 0 Å². The Morgan fingerprint density at radius 1 is 1.38 bits per heavy atom. The number of aromatic nitrogens is 1. The first-order valence-corrected chi connectivity index (χ1v) is 8.04. The summed E-state index contributed by atoms with van der Waals surface area (Å²) in [5, 5.41) is 12.9. The van der Waals surface area contributed by atoms with Gasteiger partial charge in [-0.25, -0.2) is 4.79 Å². The molecule has 1 aliphatic heterocycles. The van der Waals surface area contributed by atoms with Crippen molar-refractivity contribution in [1.29, 1.82) is 0 Å². The lowest BCUT2D eigenvalue weighted by molar-refractivity contribution is -0.142. The minimum Gasteiger partial charge on any atom is -0.480 e. The zero-order chi connectivity index (χ0) is 17.1. The Labute approximate surface area is 139 Å². The molecule has 126 valence electrons. The Morgan fingerprint density at radius 2 is 2.17 bits per heavy atom. The van der Waals surface area contributed by atoms with Gasteiger partial charge in [0, 0.05) is 23.6 Å². The van der Waals surface area contributed by atoms with Crippen molar-refractivity contribution in [2.75, 3.05) is 13.2 Å². The molecule has 0 saturated carbocycles. The third kappa shape index (κ3) is 3.38. The summed E-state index contributed by atoms with van der Waals surface area (Å²) in [4.78, 5) is 28.7. The van der Waals surface area contributed by atoms with Crippen molar-refractivity contribution < 1.29 is 19.4 Å². The van der Waals surface area contributed by atoms with Gasteiger partial charge >= 0.3 is 5.97 Å². The largest absolute Gasteiger partial charge is 0.480 e. The number of aliphatic carboxylic acids is 1. The summed E-state index contributed by atoms with van der Waals surface area (Å²) in [5.74, 6) is -1.64. The molecule has 24 heavy (non-hydrogen) atoms. The van der Waals surface area contributed by atoms with Gasteiger partial charge in [-0.15, -0.1) is 0 Å². The fourth-order valence-electron chi connectivity index (χ4n) is 3.12. The van der Waals surface area contributed by atoms with Gasteiger partial charge in [-0.05, 0) is 31.9 Å². The summed E-state index contributed by atoms with van der Waals surface area (Å²) < 4.78 is 5.37. The van der Waals surface area contributed by atoms with Crippen LogP contribution in [0.3, 0.4) is 0 Å². The van der Waals surface area contributed by atoms with Crippen molar-refractivity contribution >= 4 is 22.8 Å². The second-order valence-electron chi connectivity index (χ2n) is 6.09. The summed E-state index contributed by atoms with van der Waals surface area (Å²) >= 11 is 0. The van der Waals surface area contributed by atoms with Crippen molar-refractivity contribution in [2.45, 2.75) is 25.8 Å². The SMILES string of the molecule is Cc1cc(C(=O)NC(C(=O)O)C2CCCOC2)c2ccccc2n1. The monoisotopic (exact) mass is 328 g/mol. The van der Waals surface area contributed by atoms with E-state index in [1.165, 1.54) is 0 Å². The van der Waals surface area contributed by atoms with Crippen LogP contribution in [0.25, 0.3) is 10.9 Å². The van der Waals surface area contributed by atoms with Crippen molar-refractivity contribution in [3.8, 4) is 0 Å². The zero-order valence-corrected chi connectivity index (χ0v) is 13.5. The number of nitrogens with one attached hydrogen (secondary N) is 1. The minimum absolute atomic E-state index is 0.214. The number of fused-ring (bicyclic) bond motifs is 1. The molecule has 0 spiro atoms. The highest BCUT2D eigenvalue weighted by Crippen LogP contribution is 2.21. The molecule has 1 saturated heterocycles. The number of amides is 1. The maximum Gasteiger partial charge on any atom is 0.326 e. The van der Waals surface area contributed by atoms with E-state index in [0.29, 0.717) is 29.9 Å². The Kier molecular flexibility index (Phi) is 4.76. The van der Waals surface area contributed by atoms with Crippen LogP contribution < -0.4 is 5.32 Å². The zero-order valence-electron chi connectivity index (χ0n) is 13.5. The molecule has 2 atom stereocenters. The van der Waals surface area contributed by atoms with Crippen LogP contribution in [0, 0.1) is 12.8 Å². The van der Waals surface area contributed by atoms with Gasteiger partial charge in [-0.2, -0.15) is 0 Å². The molecule has 1 aromatic carbocycles. The molecule has 6 nitrogen and oxygen atoms in total. The number of hydrogen-bond acceptors (Lipinski definition) is 4. The van der Waals surface area contributed by atoms with Crippen LogP contribution in [0.4, 0.5) is 0 Å². The number of carboxylic acids is 1. The Hall–Kier alpha value is -2.47. The van der Waals surface area contributed by atoms with Gasteiger partial charge in [-0.1, -0.05) is 18.2 Å². The first-order chi connectivity index (χ1) is 11.6. The molecule has 1 aliphatic rings. The third-order valence-electron chi connectivity index (χ3n) is 4.31. The van der Waals surface area contributed by atoms with Crippen molar-refractivity contribution in [2.24, 2.45) is 5.92 Å². The molecule has 0 bridgehead atoms. The first kappa shape index (κ1) is 16.4. The summed E-state index contributed by atoms with van der Waals surface area (Å²) in [6.07, 6.45) is 1.54. The molecule has 6 heteroatoms. The number of ether oxygens (including phenoxy) is 1. The Bertz CT molecular complexity index is 769. The lowest BCUT2D eigenvalue weighted by atomic mass is 9.93. The van der Waals surface area contributed by atoms with E-state index in [0.717, 1.165) is 18.4 Å². The van der Waals surface area contributed by atoms with Crippen LogP contribution in [0.5, 0.6) is 0 Å². The molecule has 0 radical (unpaired) electrons. The van der Waals surface area contributed by atoms with Crippen LogP contribution in [-0.2, 0) is 9.53 Å². The van der Waals surface area contributed by atoms with Gasteiger partial charge in [0.25, 0.3) is 5.91 Å². The van der Waals surface area contributed by atoms with Crippen LogP contribution in [-0.4, -0.2) is 41.2 Å². The van der Waals surface area contributed by atoms with Crippen LogP contribution in [0.15, 0.2) is 30.3 Å². The fourth-order valence-corrected chi connectivity index (χ4v) is 3.12. The molecule has 1 fully saturated rings. The van der Waals surface area contributed by atoms with Crippen LogP contribution >= 0.6 is 0 Å². The molecule has 2 heterocycles. The van der Waals surface area contributed by atoms with E-state index in [1.807, 2.05) is 31.2 Å². The molecule has 3 rings (SSSR count). The van der Waals surface area contributed by atoms with Crippen molar-refractivity contribution in [1.82, 2.24) is 10.3 Å². The molecular weight excluding hydrogens is 308 g/mol. The van der Waals surface area contributed by atoms with Crippen molar-refractivity contribution in [3.63, 3.8) is 0 Å². The molecule has 2 aromatic rings.